The van der Waals surface area contributed by atoms with Crippen molar-refractivity contribution in [1.82, 2.24) is 9.62 Å². The van der Waals surface area contributed by atoms with Crippen molar-refractivity contribution >= 4 is 10.0 Å². The molecule has 106 valence electrons. The van der Waals surface area contributed by atoms with Crippen LogP contribution in [0.15, 0.2) is 23.1 Å². The molecule has 1 heterocycles. The number of hydrogen-bond donors (Lipinski definition) is 1. The summed E-state index contributed by atoms with van der Waals surface area (Å²) in [6, 6.07) is 2.06. The Kier molecular flexibility index (Phi) is 3.89. The number of piperazine rings is 1. The molecule has 1 saturated heterocycles. The average molecular weight is 290 g/mol. The summed E-state index contributed by atoms with van der Waals surface area (Å²) in [6.07, 6.45) is 0. The molecule has 0 aliphatic carbocycles. The molecule has 2 rings (SSSR count). The van der Waals surface area contributed by atoms with Gasteiger partial charge in [0, 0.05) is 31.2 Å². The van der Waals surface area contributed by atoms with E-state index in [4.69, 9.17) is 0 Å². The first-order chi connectivity index (χ1) is 8.82. The van der Waals surface area contributed by atoms with Crippen molar-refractivity contribution < 1.29 is 17.2 Å². The number of halogens is 2. The first kappa shape index (κ1) is 14.4. The lowest BCUT2D eigenvalue weighted by Crippen LogP contribution is -2.57. The molecule has 4 nitrogen and oxygen atoms in total. The van der Waals surface area contributed by atoms with Crippen molar-refractivity contribution in [2.75, 3.05) is 13.1 Å². The molecular weight excluding hydrogens is 274 g/mol. The van der Waals surface area contributed by atoms with Gasteiger partial charge in [-0.15, -0.1) is 0 Å². The molecule has 0 radical (unpaired) electrons. The van der Waals surface area contributed by atoms with Crippen LogP contribution in [0.3, 0.4) is 0 Å². The second-order valence-corrected chi connectivity index (χ2v) is 6.59. The van der Waals surface area contributed by atoms with Gasteiger partial charge in [-0.2, -0.15) is 4.31 Å². The van der Waals surface area contributed by atoms with Crippen LogP contribution in [-0.2, 0) is 10.0 Å². The van der Waals surface area contributed by atoms with Gasteiger partial charge in [0.15, 0.2) is 0 Å². The van der Waals surface area contributed by atoms with E-state index in [2.05, 4.69) is 5.32 Å². The van der Waals surface area contributed by atoms with Crippen LogP contribution in [0.1, 0.15) is 13.8 Å². The average Bonchev–Trinajstić information content (AvgIpc) is 2.31. The summed E-state index contributed by atoms with van der Waals surface area (Å²) in [5.41, 5.74) is 0. The topological polar surface area (TPSA) is 49.4 Å². The molecule has 1 N–H and O–H groups in total. The number of hydrogen-bond acceptors (Lipinski definition) is 3. The Labute approximate surface area is 111 Å². The van der Waals surface area contributed by atoms with Gasteiger partial charge in [-0.1, -0.05) is 0 Å². The van der Waals surface area contributed by atoms with Crippen LogP contribution in [0.4, 0.5) is 8.78 Å². The van der Waals surface area contributed by atoms with E-state index < -0.39 is 21.7 Å². The van der Waals surface area contributed by atoms with Gasteiger partial charge in [0.1, 0.15) is 11.6 Å². The molecule has 1 fully saturated rings. The summed E-state index contributed by atoms with van der Waals surface area (Å²) in [6.45, 7) is 4.44. The Balaban J connectivity index is 2.41. The van der Waals surface area contributed by atoms with E-state index in [0.717, 1.165) is 12.1 Å². The monoisotopic (exact) mass is 290 g/mol. The van der Waals surface area contributed by atoms with E-state index in [-0.39, 0.29) is 23.5 Å². The first-order valence-electron chi connectivity index (χ1n) is 6.03. The van der Waals surface area contributed by atoms with Crippen molar-refractivity contribution in [2.24, 2.45) is 0 Å². The highest BCUT2D eigenvalue weighted by molar-refractivity contribution is 7.89. The van der Waals surface area contributed by atoms with Gasteiger partial charge in [0.2, 0.25) is 10.0 Å². The molecule has 2 unspecified atom stereocenters. The SMILES string of the molecule is CC1NCCN(S(=O)(=O)c2cc(F)cc(F)c2)C1C. The molecule has 19 heavy (non-hydrogen) atoms. The Morgan fingerprint density at radius 1 is 1.21 bits per heavy atom. The number of nitrogens with zero attached hydrogens (tertiary/aromatic N) is 1. The molecular formula is C12H16F2N2O2S. The smallest absolute Gasteiger partial charge is 0.243 e. The van der Waals surface area contributed by atoms with E-state index in [1.54, 1.807) is 6.92 Å². The second kappa shape index (κ2) is 5.15. The molecule has 1 aliphatic rings. The minimum atomic E-state index is -3.88. The molecule has 0 amide bonds. The maximum atomic E-state index is 13.2. The second-order valence-electron chi connectivity index (χ2n) is 4.70. The summed E-state index contributed by atoms with van der Waals surface area (Å²) in [7, 11) is -3.88. The number of benzene rings is 1. The Morgan fingerprint density at radius 2 is 1.79 bits per heavy atom. The molecule has 1 aromatic carbocycles. The third-order valence-corrected chi connectivity index (χ3v) is 5.38. The molecule has 2 atom stereocenters. The molecule has 0 saturated carbocycles. The van der Waals surface area contributed by atoms with E-state index in [9.17, 15) is 17.2 Å². The lowest BCUT2D eigenvalue weighted by Gasteiger charge is -2.37. The van der Waals surface area contributed by atoms with Gasteiger partial charge in [-0.05, 0) is 26.0 Å². The zero-order valence-corrected chi connectivity index (χ0v) is 11.5. The quantitative estimate of drug-likeness (QED) is 0.894. The predicted octanol–water partition coefficient (Wildman–Crippen LogP) is 1.34. The number of nitrogens with one attached hydrogen (secondary N) is 1. The zero-order chi connectivity index (χ0) is 14.2. The molecule has 1 aromatic rings. The summed E-state index contributed by atoms with van der Waals surface area (Å²) >= 11 is 0. The number of rotatable bonds is 2. The standard InChI is InChI=1S/C12H16F2N2O2S/c1-8-9(2)16(4-3-15-8)19(17,18)12-6-10(13)5-11(14)7-12/h5-9,15H,3-4H2,1-2H3. The molecule has 0 spiro atoms. The highest BCUT2D eigenvalue weighted by Gasteiger charge is 2.34. The van der Waals surface area contributed by atoms with E-state index in [1.807, 2.05) is 6.92 Å². The minimum absolute atomic E-state index is 0.0121. The Hall–Kier alpha value is -1.05. The minimum Gasteiger partial charge on any atom is -0.311 e. The van der Waals surface area contributed by atoms with Gasteiger partial charge < -0.3 is 5.32 Å². The predicted molar refractivity (Wildman–Crippen MR) is 67.2 cm³/mol. The number of sulfonamides is 1. The molecule has 1 aliphatic heterocycles. The molecule has 0 bridgehead atoms. The van der Waals surface area contributed by atoms with E-state index >= 15 is 0 Å². The van der Waals surface area contributed by atoms with Crippen LogP contribution in [0.25, 0.3) is 0 Å². The molecule has 0 aromatic heterocycles. The third-order valence-electron chi connectivity index (χ3n) is 3.42. The van der Waals surface area contributed by atoms with Crippen LogP contribution in [0, 0.1) is 11.6 Å². The Bertz CT molecular complexity index is 557. The normalized spacial score (nSPS) is 25.5. The summed E-state index contributed by atoms with van der Waals surface area (Å²) < 4.78 is 52.4. The van der Waals surface area contributed by atoms with Crippen LogP contribution in [-0.4, -0.2) is 37.9 Å². The van der Waals surface area contributed by atoms with Gasteiger partial charge in [0.05, 0.1) is 4.90 Å². The maximum Gasteiger partial charge on any atom is 0.243 e. The third kappa shape index (κ3) is 2.77. The summed E-state index contributed by atoms with van der Waals surface area (Å²) in [5.74, 6) is -1.79. The zero-order valence-electron chi connectivity index (χ0n) is 10.7. The van der Waals surface area contributed by atoms with Crippen LogP contribution in [0.2, 0.25) is 0 Å². The highest BCUT2D eigenvalue weighted by Crippen LogP contribution is 2.22. The van der Waals surface area contributed by atoms with Crippen molar-refractivity contribution in [3.8, 4) is 0 Å². The van der Waals surface area contributed by atoms with Crippen LogP contribution in [0.5, 0.6) is 0 Å². The lowest BCUT2D eigenvalue weighted by atomic mass is 10.1. The highest BCUT2D eigenvalue weighted by atomic mass is 32.2. The van der Waals surface area contributed by atoms with Gasteiger partial charge in [-0.25, -0.2) is 17.2 Å². The fourth-order valence-corrected chi connectivity index (χ4v) is 3.92. The Morgan fingerprint density at radius 3 is 2.37 bits per heavy atom. The maximum absolute atomic E-state index is 13.2. The van der Waals surface area contributed by atoms with Gasteiger partial charge >= 0.3 is 0 Å². The summed E-state index contributed by atoms with van der Waals surface area (Å²) in [5, 5.41) is 3.15. The van der Waals surface area contributed by atoms with Gasteiger partial charge in [0.25, 0.3) is 0 Å². The largest absolute Gasteiger partial charge is 0.311 e. The van der Waals surface area contributed by atoms with Crippen LogP contribution < -0.4 is 5.32 Å². The van der Waals surface area contributed by atoms with E-state index in [0.29, 0.717) is 12.6 Å². The van der Waals surface area contributed by atoms with Crippen molar-refractivity contribution in [3.63, 3.8) is 0 Å². The van der Waals surface area contributed by atoms with Crippen LogP contribution >= 0.6 is 0 Å². The van der Waals surface area contributed by atoms with Crippen molar-refractivity contribution in [3.05, 3.63) is 29.8 Å². The fourth-order valence-electron chi connectivity index (χ4n) is 2.18. The fraction of sp³-hybridized carbons (Fsp3) is 0.500. The molecule has 7 heteroatoms. The van der Waals surface area contributed by atoms with Gasteiger partial charge in [-0.3, -0.25) is 0 Å². The lowest BCUT2D eigenvalue weighted by molar-refractivity contribution is 0.232. The van der Waals surface area contributed by atoms with E-state index in [1.165, 1.54) is 4.31 Å². The van der Waals surface area contributed by atoms with Crippen molar-refractivity contribution in [2.45, 2.75) is 30.8 Å². The first-order valence-corrected chi connectivity index (χ1v) is 7.47. The summed E-state index contributed by atoms with van der Waals surface area (Å²) in [4.78, 5) is -0.342. The van der Waals surface area contributed by atoms with Crippen molar-refractivity contribution in [1.29, 1.82) is 0 Å².